The van der Waals surface area contributed by atoms with E-state index in [2.05, 4.69) is 0 Å². The van der Waals surface area contributed by atoms with Crippen molar-refractivity contribution in [2.75, 3.05) is 4.90 Å². The summed E-state index contributed by atoms with van der Waals surface area (Å²) in [6.45, 7) is 2.00. The van der Waals surface area contributed by atoms with E-state index in [1.54, 1.807) is 11.8 Å². The second-order valence-electron chi connectivity index (χ2n) is 5.99. The van der Waals surface area contributed by atoms with Crippen LogP contribution in [0.4, 0.5) is 5.69 Å². The second kappa shape index (κ2) is 6.22. The van der Waals surface area contributed by atoms with Crippen molar-refractivity contribution < 1.29 is 9.59 Å². The molecular formula is C17H21NO2S. The number of thioether (sulfide) groups is 1. The zero-order chi connectivity index (χ0) is 14.8. The van der Waals surface area contributed by atoms with Crippen molar-refractivity contribution in [3.63, 3.8) is 0 Å². The van der Waals surface area contributed by atoms with Crippen molar-refractivity contribution in [1.29, 1.82) is 0 Å². The largest absolute Gasteiger partial charge is 0.274 e. The molecule has 21 heavy (non-hydrogen) atoms. The van der Waals surface area contributed by atoms with E-state index in [1.807, 2.05) is 31.2 Å². The van der Waals surface area contributed by atoms with Crippen LogP contribution in [-0.2, 0) is 9.59 Å². The van der Waals surface area contributed by atoms with E-state index >= 15 is 0 Å². The first-order valence-corrected chi connectivity index (χ1v) is 8.68. The fourth-order valence-electron chi connectivity index (χ4n) is 3.11. The Labute approximate surface area is 130 Å². The fourth-order valence-corrected chi connectivity index (χ4v) is 4.64. The molecule has 0 aromatic heterocycles. The Morgan fingerprint density at radius 1 is 1.05 bits per heavy atom. The minimum Gasteiger partial charge on any atom is -0.274 e. The molecule has 2 aliphatic rings. The van der Waals surface area contributed by atoms with Crippen molar-refractivity contribution in [1.82, 2.24) is 0 Å². The number of rotatable bonds is 3. The Morgan fingerprint density at radius 3 is 2.38 bits per heavy atom. The van der Waals surface area contributed by atoms with Gasteiger partial charge in [-0.25, -0.2) is 4.90 Å². The van der Waals surface area contributed by atoms with Gasteiger partial charge in [-0.15, -0.1) is 11.8 Å². The van der Waals surface area contributed by atoms with Crippen LogP contribution in [0.25, 0.3) is 0 Å². The molecule has 0 spiro atoms. The summed E-state index contributed by atoms with van der Waals surface area (Å²) < 4.78 is 0. The second-order valence-corrected chi connectivity index (χ2v) is 7.50. The van der Waals surface area contributed by atoms with Gasteiger partial charge in [-0.3, -0.25) is 9.59 Å². The molecule has 0 radical (unpaired) electrons. The first kappa shape index (κ1) is 14.6. The number of carbonyl (C=O) groups is 2. The lowest BCUT2D eigenvalue weighted by atomic mass is 10.0. The Bertz CT molecular complexity index is 534. The molecule has 0 N–H and O–H groups in total. The number of amides is 2. The summed E-state index contributed by atoms with van der Waals surface area (Å²) in [6, 6.07) is 7.60. The highest BCUT2D eigenvalue weighted by Crippen LogP contribution is 2.36. The van der Waals surface area contributed by atoms with Gasteiger partial charge in [0.05, 0.1) is 10.9 Å². The smallest absolute Gasteiger partial charge is 0.247 e. The maximum Gasteiger partial charge on any atom is 0.247 e. The standard InChI is InChI=1S/C17H21NO2S/c1-12-7-9-13(10-8-12)18-16(19)11-15(17(18)20)21-14-5-3-2-4-6-14/h7-10,14-15H,2-6,11H2,1H3. The molecule has 1 atom stereocenters. The monoisotopic (exact) mass is 303 g/mol. The van der Waals surface area contributed by atoms with Crippen LogP contribution in [0.15, 0.2) is 24.3 Å². The van der Waals surface area contributed by atoms with Gasteiger partial charge in [0.25, 0.3) is 0 Å². The third-order valence-corrected chi connectivity index (χ3v) is 5.86. The molecule has 1 aromatic rings. The molecule has 1 saturated heterocycles. The van der Waals surface area contributed by atoms with Gasteiger partial charge in [0.15, 0.2) is 0 Å². The number of aryl methyl sites for hydroxylation is 1. The summed E-state index contributed by atoms with van der Waals surface area (Å²) in [7, 11) is 0. The number of imide groups is 1. The van der Waals surface area contributed by atoms with Crippen LogP contribution in [0, 0.1) is 6.92 Å². The van der Waals surface area contributed by atoms with Crippen LogP contribution in [0.1, 0.15) is 44.1 Å². The topological polar surface area (TPSA) is 37.4 Å². The van der Waals surface area contributed by atoms with Crippen LogP contribution in [0.3, 0.4) is 0 Å². The van der Waals surface area contributed by atoms with E-state index in [0.29, 0.717) is 17.4 Å². The van der Waals surface area contributed by atoms with Crippen LogP contribution >= 0.6 is 11.8 Å². The van der Waals surface area contributed by atoms with Gasteiger partial charge in [0, 0.05) is 11.7 Å². The lowest BCUT2D eigenvalue weighted by Gasteiger charge is -2.23. The summed E-state index contributed by atoms with van der Waals surface area (Å²) in [5.74, 6) is -0.0865. The van der Waals surface area contributed by atoms with Crippen molar-refractivity contribution in [3.8, 4) is 0 Å². The van der Waals surface area contributed by atoms with E-state index in [1.165, 1.54) is 37.0 Å². The minimum atomic E-state index is -0.179. The average molecular weight is 303 g/mol. The van der Waals surface area contributed by atoms with Gasteiger partial charge in [-0.05, 0) is 31.9 Å². The van der Waals surface area contributed by atoms with E-state index in [-0.39, 0.29) is 17.1 Å². The summed E-state index contributed by atoms with van der Waals surface area (Å²) in [5, 5.41) is 0.375. The Balaban J connectivity index is 1.71. The molecule has 1 unspecified atom stereocenters. The first-order chi connectivity index (χ1) is 10.1. The highest BCUT2D eigenvalue weighted by molar-refractivity contribution is 8.01. The molecule has 2 amide bonds. The molecule has 3 nitrogen and oxygen atoms in total. The highest BCUT2D eigenvalue weighted by Gasteiger charge is 2.41. The quantitative estimate of drug-likeness (QED) is 0.799. The summed E-state index contributed by atoms with van der Waals surface area (Å²) >= 11 is 1.73. The van der Waals surface area contributed by atoms with Crippen LogP contribution in [-0.4, -0.2) is 22.3 Å². The van der Waals surface area contributed by atoms with Crippen LogP contribution in [0.5, 0.6) is 0 Å². The molecule has 4 heteroatoms. The van der Waals surface area contributed by atoms with Gasteiger partial charge in [0.2, 0.25) is 11.8 Å². The van der Waals surface area contributed by atoms with E-state index < -0.39 is 0 Å². The summed E-state index contributed by atoms with van der Waals surface area (Å²) in [4.78, 5) is 26.1. The normalized spacial score (nSPS) is 23.9. The van der Waals surface area contributed by atoms with Crippen LogP contribution < -0.4 is 4.90 Å². The fraction of sp³-hybridized carbons (Fsp3) is 0.529. The van der Waals surface area contributed by atoms with Gasteiger partial charge in [-0.2, -0.15) is 0 Å². The number of benzene rings is 1. The molecule has 1 aliphatic heterocycles. The van der Waals surface area contributed by atoms with E-state index in [4.69, 9.17) is 0 Å². The Morgan fingerprint density at radius 2 is 1.71 bits per heavy atom. The van der Waals surface area contributed by atoms with Gasteiger partial charge < -0.3 is 0 Å². The number of hydrogen-bond acceptors (Lipinski definition) is 3. The average Bonchev–Trinajstić information content (AvgIpc) is 2.76. The molecule has 1 aromatic carbocycles. The zero-order valence-corrected chi connectivity index (χ0v) is 13.2. The van der Waals surface area contributed by atoms with Gasteiger partial charge >= 0.3 is 0 Å². The molecule has 112 valence electrons. The molecule has 1 saturated carbocycles. The lowest BCUT2D eigenvalue weighted by Crippen LogP contribution is -2.31. The number of nitrogens with zero attached hydrogens (tertiary/aromatic N) is 1. The molecule has 1 aliphatic carbocycles. The van der Waals surface area contributed by atoms with Gasteiger partial charge in [-0.1, -0.05) is 37.0 Å². The molecular weight excluding hydrogens is 282 g/mol. The van der Waals surface area contributed by atoms with Crippen molar-refractivity contribution in [2.45, 2.75) is 55.9 Å². The maximum atomic E-state index is 12.6. The molecule has 0 bridgehead atoms. The van der Waals surface area contributed by atoms with Crippen molar-refractivity contribution in [3.05, 3.63) is 29.8 Å². The van der Waals surface area contributed by atoms with E-state index in [0.717, 1.165) is 5.56 Å². The maximum absolute atomic E-state index is 12.6. The van der Waals surface area contributed by atoms with Crippen molar-refractivity contribution in [2.24, 2.45) is 0 Å². The van der Waals surface area contributed by atoms with Gasteiger partial charge in [0.1, 0.15) is 0 Å². The SMILES string of the molecule is Cc1ccc(N2C(=O)CC(SC3CCCCC3)C2=O)cc1. The Hall–Kier alpha value is -1.29. The molecule has 1 heterocycles. The number of anilines is 1. The number of carbonyl (C=O) groups excluding carboxylic acids is 2. The molecule has 2 fully saturated rings. The predicted octanol–water partition coefficient (Wildman–Crippen LogP) is 3.69. The summed E-state index contributed by atoms with van der Waals surface area (Å²) in [5.41, 5.74) is 1.84. The predicted molar refractivity (Wildman–Crippen MR) is 86.5 cm³/mol. The lowest BCUT2D eigenvalue weighted by molar-refractivity contribution is -0.121. The third-order valence-electron chi connectivity index (χ3n) is 4.31. The van der Waals surface area contributed by atoms with E-state index in [9.17, 15) is 9.59 Å². The van der Waals surface area contributed by atoms with Crippen LogP contribution in [0.2, 0.25) is 0 Å². The third kappa shape index (κ3) is 3.15. The van der Waals surface area contributed by atoms with Crippen molar-refractivity contribution >= 4 is 29.3 Å². The number of hydrogen-bond donors (Lipinski definition) is 0. The highest BCUT2D eigenvalue weighted by atomic mass is 32.2. The summed E-state index contributed by atoms with van der Waals surface area (Å²) in [6.07, 6.45) is 6.56. The minimum absolute atomic E-state index is 0.0283. The molecule has 3 rings (SSSR count). The first-order valence-electron chi connectivity index (χ1n) is 7.74. The Kier molecular flexibility index (Phi) is 4.34. The zero-order valence-electron chi connectivity index (χ0n) is 12.4.